The molecule has 0 aromatic carbocycles. The van der Waals surface area contributed by atoms with E-state index in [1.54, 1.807) is 4.90 Å². The minimum Gasteiger partial charge on any atom is -0.478 e. The second-order valence-corrected chi connectivity index (χ2v) is 6.27. The highest BCUT2D eigenvalue weighted by molar-refractivity contribution is 5.86. The first-order chi connectivity index (χ1) is 12.0. The monoisotopic (exact) mass is 341 g/mol. The van der Waals surface area contributed by atoms with E-state index in [2.05, 4.69) is 26.1 Å². The maximum atomic E-state index is 12.6. The molecule has 0 saturated carbocycles. The second-order valence-electron chi connectivity index (χ2n) is 6.27. The lowest BCUT2D eigenvalue weighted by atomic mass is 10.0. The third kappa shape index (κ3) is 3.82. The molecule has 1 unspecified atom stereocenters. The van der Waals surface area contributed by atoms with Crippen molar-refractivity contribution in [3.05, 3.63) is 23.8 Å². The average Bonchev–Trinajstić information content (AvgIpc) is 3.22. The predicted molar refractivity (Wildman–Crippen MR) is 87.6 cm³/mol. The highest BCUT2D eigenvalue weighted by Gasteiger charge is 2.40. The number of carboxylic acid groups (broad SMARTS) is 1. The van der Waals surface area contributed by atoms with Gasteiger partial charge < -0.3 is 10.0 Å². The molecule has 3 rings (SSSR count). The van der Waals surface area contributed by atoms with Gasteiger partial charge in [0.05, 0.1) is 11.6 Å². The highest BCUT2D eigenvalue weighted by atomic mass is 16.4. The van der Waals surface area contributed by atoms with E-state index in [0.717, 1.165) is 12.8 Å². The Labute approximate surface area is 145 Å². The largest absolute Gasteiger partial charge is 0.478 e. The van der Waals surface area contributed by atoms with E-state index in [-0.39, 0.29) is 17.5 Å². The molecule has 1 aromatic rings. The van der Waals surface area contributed by atoms with Crippen molar-refractivity contribution in [2.75, 3.05) is 6.54 Å². The van der Waals surface area contributed by atoms with Gasteiger partial charge in [-0.15, -0.1) is 12.3 Å². The lowest BCUT2D eigenvalue weighted by molar-refractivity contribution is -0.132. The van der Waals surface area contributed by atoms with Gasteiger partial charge in [-0.25, -0.2) is 14.8 Å². The number of carbonyl (C=O) groups excluding carboxylic acids is 1. The van der Waals surface area contributed by atoms with E-state index in [0.29, 0.717) is 38.1 Å². The van der Waals surface area contributed by atoms with Crippen LogP contribution in [0.1, 0.15) is 60.7 Å². The summed E-state index contributed by atoms with van der Waals surface area (Å²) in [5.41, 5.74) is -0.427. The van der Waals surface area contributed by atoms with Crippen LogP contribution in [0.5, 0.6) is 0 Å². The van der Waals surface area contributed by atoms with E-state index in [4.69, 9.17) is 11.5 Å². The number of terminal acetylenes is 1. The normalized spacial score (nSPS) is 20.3. The Kier molecular flexibility index (Phi) is 4.74. The van der Waals surface area contributed by atoms with Crippen molar-refractivity contribution in [2.45, 2.75) is 50.2 Å². The standard InChI is InChI=1S/C17H19N5O3/c1-2-3-7-17(20-21-17)8-6-14(23)22-9-4-5-13(22)15-18-10-12(11-19-15)16(24)25/h1,10-11,13H,3-9H2,(H,24,25). The number of carboxylic acids is 1. The average molecular weight is 341 g/mol. The highest BCUT2D eigenvalue weighted by Crippen LogP contribution is 2.38. The van der Waals surface area contributed by atoms with Crippen LogP contribution < -0.4 is 0 Å². The summed E-state index contributed by atoms with van der Waals surface area (Å²) in [5, 5.41) is 17.0. The smallest absolute Gasteiger partial charge is 0.338 e. The first-order valence-corrected chi connectivity index (χ1v) is 8.27. The first kappa shape index (κ1) is 17.0. The van der Waals surface area contributed by atoms with Gasteiger partial charge in [0.15, 0.2) is 11.5 Å². The van der Waals surface area contributed by atoms with Crippen LogP contribution in [0.25, 0.3) is 0 Å². The Morgan fingerprint density at radius 2 is 2.04 bits per heavy atom. The van der Waals surface area contributed by atoms with E-state index in [1.807, 2.05) is 0 Å². The van der Waals surface area contributed by atoms with Gasteiger partial charge in [0.2, 0.25) is 5.91 Å². The molecular formula is C17H19N5O3. The zero-order valence-corrected chi connectivity index (χ0v) is 13.8. The molecule has 1 amide bonds. The number of nitrogens with zero attached hydrogens (tertiary/aromatic N) is 5. The van der Waals surface area contributed by atoms with E-state index in [9.17, 15) is 9.59 Å². The van der Waals surface area contributed by atoms with Gasteiger partial charge in [-0.3, -0.25) is 4.79 Å². The summed E-state index contributed by atoms with van der Waals surface area (Å²) < 4.78 is 0. The van der Waals surface area contributed by atoms with Crippen molar-refractivity contribution < 1.29 is 14.7 Å². The maximum Gasteiger partial charge on any atom is 0.338 e. The summed E-state index contributed by atoms with van der Waals surface area (Å²) in [4.78, 5) is 33.5. The molecule has 2 aliphatic rings. The molecule has 1 N–H and O–H groups in total. The van der Waals surface area contributed by atoms with E-state index < -0.39 is 11.6 Å². The quantitative estimate of drug-likeness (QED) is 0.765. The van der Waals surface area contributed by atoms with Gasteiger partial charge >= 0.3 is 5.97 Å². The molecule has 3 heterocycles. The molecule has 8 heteroatoms. The fourth-order valence-electron chi connectivity index (χ4n) is 3.07. The number of hydrogen-bond donors (Lipinski definition) is 1. The lowest BCUT2D eigenvalue weighted by Crippen LogP contribution is -2.32. The molecule has 0 radical (unpaired) electrons. The summed E-state index contributed by atoms with van der Waals surface area (Å²) in [6.45, 7) is 0.652. The Morgan fingerprint density at radius 3 is 2.64 bits per heavy atom. The molecule has 1 fully saturated rings. The summed E-state index contributed by atoms with van der Waals surface area (Å²) in [6.07, 6.45) is 11.7. The van der Waals surface area contributed by atoms with Gasteiger partial charge in [-0.1, -0.05) is 0 Å². The fraction of sp³-hybridized carbons (Fsp3) is 0.529. The molecule has 8 nitrogen and oxygen atoms in total. The number of hydrogen-bond acceptors (Lipinski definition) is 6. The number of likely N-dealkylation sites (tertiary alicyclic amines) is 1. The third-order valence-corrected chi connectivity index (χ3v) is 4.58. The van der Waals surface area contributed by atoms with Crippen molar-refractivity contribution in [2.24, 2.45) is 10.2 Å². The summed E-state index contributed by atoms with van der Waals surface area (Å²) >= 11 is 0. The molecule has 1 aromatic heterocycles. The Balaban J connectivity index is 1.60. The van der Waals surface area contributed by atoms with Gasteiger partial charge in [0, 0.05) is 44.6 Å². The number of aromatic carboxylic acids is 1. The van der Waals surface area contributed by atoms with Crippen molar-refractivity contribution in [3.8, 4) is 12.3 Å². The summed E-state index contributed by atoms with van der Waals surface area (Å²) in [6, 6.07) is -0.204. The third-order valence-electron chi connectivity index (χ3n) is 4.58. The molecule has 25 heavy (non-hydrogen) atoms. The van der Waals surface area contributed by atoms with Crippen LogP contribution in [-0.4, -0.2) is 44.1 Å². The molecule has 2 aliphatic heterocycles. The Hall–Kier alpha value is -2.82. The van der Waals surface area contributed by atoms with Crippen molar-refractivity contribution >= 4 is 11.9 Å². The molecule has 130 valence electrons. The maximum absolute atomic E-state index is 12.6. The molecule has 0 spiro atoms. The summed E-state index contributed by atoms with van der Waals surface area (Å²) in [5.74, 6) is 2.01. The van der Waals surface area contributed by atoms with Gasteiger partial charge in [0.1, 0.15) is 0 Å². The van der Waals surface area contributed by atoms with Crippen molar-refractivity contribution in [1.82, 2.24) is 14.9 Å². The SMILES string of the molecule is C#CCCC1(CCC(=O)N2CCCC2c2ncc(C(=O)O)cn2)N=N1. The van der Waals surface area contributed by atoms with Crippen LogP contribution in [0.4, 0.5) is 0 Å². The molecular weight excluding hydrogens is 322 g/mol. The van der Waals surface area contributed by atoms with Crippen molar-refractivity contribution in [1.29, 1.82) is 0 Å². The number of rotatable bonds is 7. The molecule has 1 saturated heterocycles. The van der Waals surface area contributed by atoms with E-state index in [1.165, 1.54) is 12.4 Å². The van der Waals surface area contributed by atoms with E-state index >= 15 is 0 Å². The minimum absolute atomic E-state index is 0.0193. The van der Waals surface area contributed by atoms with Crippen LogP contribution in [0.2, 0.25) is 0 Å². The van der Waals surface area contributed by atoms with Gasteiger partial charge in [-0.2, -0.15) is 10.2 Å². The Bertz CT molecular complexity index is 732. The van der Waals surface area contributed by atoms with Crippen LogP contribution in [0.15, 0.2) is 22.6 Å². The molecule has 0 bridgehead atoms. The van der Waals surface area contributed by atoms with Crippen LogP contribution in [0, 0.1) is 12.3 Å². The second kappa shape index (κ2) is 6.97. The zero-order chi connectivity index (χ0) is 17.9. The summed E-state index contributed by atoms with van der Waals surface area (Å²) in [7, 11) is 0. The topological polar surface area (TPSA) is 108 Å². The molecule has 0 aliphatic carbocycles. The first-order valence-electron chi connectivity index (χ1n) is 8.27. The van der Waals surface area contributed by atoms with Crippen LogP contribution in [0.3, 0.4) is 0 Å². The molecule has 1 atom stereocenters. The van der Waals surface area contributed by atoms with Gasteiger partial charge in [-0.05, 0) is 12.8 Å². The van der Waals surface area contributed by atoms with Gasteiger partial charge in [0.25, 0.3) is 0 Å². The minimum atomic E-state index is -1.07. The predicted octanol–water partition coefficient (Wildman–Crippen LogP) is 2.19. The lowest BCUT2D eigenvalue weighted by Gasteiger charge is -2.24. The Morgan fingerprint density at radius 1 is 1.32 bits per heavy atom. The number of amides is 1. The zero-order valence-electron chi connectivity index (χ0n) is 13.8. The number of carbonyl (C=O) groups is 2. The van der Waals surface area contributed by atoms with Crippen LogP contribution >= 0.6 is 0 Å². The van der Waals surface area contributed by atoms with Crippen LogP contribution in [-0.2, 0) is 4.79 Å². The van der Waals surface area contributed by atoms with Crippen molar-refractivity contribution in [3.63, 3.8) is 0 Å². The fourth-order valence-corrected chi connectivity index (χ4v) is 3.07. The number of aromatic nitrogens is 2.